The summed E-state index contributed by atoms with van der Waals surface area (Å²) in [6.07, 6.45) is 0. The number of nitrogens with one attached hydrogen (secondary N) is 2. The Morgan fingerprint density at radius 2 is 2.00 bits per heavy atom. The van der Waals surface area contributed by atoms with Gasteiger partial charge in [-0.3, -0.25) is 9.78 Å². The summed E-state index contributed by atoms with van der Waals surface area (Å²) in [6.45, 7) is 7.58. The van der Waals surface area contributed by atoms with Crippen LogP contribution in [0.5, 0.6) is 0 Å². The molecule has 0 atom stereocenters. The molecule has 6 heteroatoms. The van der Waals surface area contributed by atoms with Gasteiger partial charge in [0.25, 0.3) is 5.56 Å². The molecule has 1 heterocycles. The van der Waals surface area contributed by atoms with E-state index < -0.39 is 0 Å². The predicted molar refractivity (Wildman–Crippen MR) is 79.1 cm³/mol. The van der Waals surface area contributed by atoms with Gasteiger partial charge in [0.1, 0.15) is 5.69 Å². The molecule has 0 unspecified atom stereocenters. The van der Waals surface area contributed by atoms with Crippen molar-refractivity contribution < 1.29 is 0 Å². The Bertz CT molecular complexity index is 718. The first-order valence-electron chi connectivity index (χ1n) is 6.29. The summed E-state index contributed by atoms with van der Waals surface area (Å²) < 4.78 is 0. The van der Waals surface area contributed by atoms with Crippen LogP contribution in [0.3, 0.4) is 0 Å². The summed E-state index contributed by atoms with van der Waals surface area (Å²) in [7, 11) is 0. The number of nitrogens with zero attached hydrogens (tertiary/aromatic N) is 3. The third-order valence-corrected chi connectivity index (χ3v) is 2.96. The van der Waals surface area contributed by atoms with Crippen molar-refractivity contribution in [1.82, 2.24) is 15.2 Å². The maximum Gasteiger partial charge on any atom is 0.274 e. The number of hydrazone groups is 1. The Hall–Kier alpha value is -2.50. The van der Waals surface area contributed by atoms with Crippen molar-refractivity contribution >= 4 is 11.7 Å². The van der Waals surface area contributed by atoms with E-state index in [-0.39, 0.29) is 11.5 Å². The zero-order valence-corrected chi connectivity index (χ0v) is 12.0. The molecule has 6 nitrogen and oxygen atoms in total. The Morgan fingerprint density at radius 3 is 2.65 bits per heavy atom. The van der Waals surface area contributed by atoms with Gasteiger partial charge in [0.05, 0.1) is 5.71 Å². The number of benzene rings is 1. The van der Waals surface area contributed by atoms with Crippen molar-refractivity contribution in [2.24, 2.45) is 5.10 Å². The molecule has 0 radical (unpaired) electrons. The molecule has 0 aliphatic carbocycles. The van der Waals surface area contributed by atoms with Crippen LogP contribution in [0.25, 0.3) is 0 Å². The molecular formula is C14H17N5O. The highest BCUT2D eigenvalue weighted by Crippen LogP contribution is 2.11. The predicted octanol–water partition coefficient (Wildman–Crippen LogP) is 1.93. The average molecular weight is 271 g/mol. The summed E-state index contributed by atoms with van der Waals surface area (Å²) in [5.74, 6) is 0.227. The number of rotatable bonds is 3. The van der Waals surface area contributed by atoms with Gasteiger partial charge in [0.2, 0.25) is 5.95 Å². The van der Waals surface area contributed by atoms with E-state index in [1.54, 1.807) is 6.92 Å². The molecule has 0 amide bonds. The minimum Gasteiger partial charge on any atom is -0.288 e. The third kappa shape index (κ3) is 3.09. The fourth-order valence-corrected chi connectivity index (χ4v) is 1.86. The molecule has 104 valence electrons. The Morgan fingerprint density at radius 1 is 1.25 bits per heavy atom. The van der Waals surface area contributed by atoms with Crippen molar-refractivity contribution in [3.8, 4) is 0 Å². The number of hydrogen-bond acceptors (Lipinski definition) is 5. The van der Waals surface area contributed by atoms with E-state index in [0.717, 1.165) is 16.8 Å². The second kappa shape index (κ2) is 5.64. The van der Waals surface area contributed by atoms with E-state index in [4.69, 9.17) is 0 Å². The van der Waals surface area contributed by atoms with Gasteiger partial charge < -0.3 is 0 Å². The molecule has 2 rings (SSSR count). The van der Waals surface area contributed by atoms with Gasteiger partial charge >= 0.3 is 0 Å². The molecule has 20 heavy (non-hydrogen) atoms. The van der Waals surface area contributed by atoms with E-state index in [0.29, 0.717) is 5.69 Å². The second-order valence-corrected chi connectivity index (χ2v) is 4.72. The van der Waals surface area contributed by atoms with Gasteiger partial charge in [-0.2, -0.15) is 5.10 Å². The second-order valence-electron chi connectivity index (χ2n) is 4.72. The molecule has 2 N–H and O–H groups in total. The lowest BCUT2D eigenvalue weighted by Crippen LogP contribution is -2.16. The van der Waals surface area contributed by atoms with Crippen molar-refractivity contribution in [1.29, 1.82) is 0 Å². The molecule has 0 bridgehead atoms. The standard InChI is InChI=1S/C14H17N5O/c1-8-5-6-12(9(2)7-8)10(3)16-18-14-15-13(20)11(4)17-19-14/h5-7H,1-4H3,(H2,15,18,19,20)/b16-10-. The van der Waals surface area contributed by atoms with Crippen LogP contribution in [0.4, 0.5) is 5.95 Å². The average Bonchev–Trinajstić information content (AvgIpc) is 2.40. The van der Waals surface area contributed by atoms with Gasteiger partial charge in [-0.15, -0.1) is 10.2 Å². The number of aromatic amines is 1. The fraction of sp³-hybridized carbons (Fsp3) is 0.286. The molecule has 2 aromatic rings. The highest BCUT2D eigenvalue weighted by Gasteiger charge is 2.03. The lowest BCUT2D eigenvalue weighted by atomic mass is 10.0. The molecule has 0 saturated carbocycles. The van der Waals surface area contributed by atoms with E-state index in [2.05, 4.69) is 31.8 Å². The number of H-pyrrole nitrogens is 1. The first kappa shape index (κ1) is 13.9. The molecule has 0 aliphatic rings. The maximum atomic E-state index is 11.4. The highest BCUT2D eigenvalue weighted by molar-refractivity contribution is 6.00. The minimum absolute atomic E-state index is 0.227. The van der Waals surface area contributed by atoms with Crippen LogP contribution in [0.1, 0.15) is 29.3 Å². The molecule has 0 spiro atoms. The summed E-state index contributed by atoms with van der Waals surface area (Å²) in [5, 5.41) is 11.8. The van der Waals surface area contributed by atoms with E-state index in [1.807, 2.05) is 32.9 Å². The number of hydrogen-bond donors (Lipinski definition) is 2. The van der Waals surface area contributed by atoms with Crippen molar-refractivity contribution in [3.05, 3.63) is 50.9 Å². The summed E-state index contributed by atoms with van der Waals surface area (Å²) in [6, 6.07) is 6.16. The zero-order valence-electron chi connectivity index (χ0n) is 12.0. The van der Waals surface area contributed by atoms with Gasteiger partial charge in [0.15, 0.2) is 0 Å². The van der Waals surface area contributed by atoms with Crippen LogP contribution in [-0.2, 0) is 0 Å². The molecule has 0 fully saturated rings. The highest BCUT2D eigenvalue weighted by atomic mass is 16.1. The van der Waals surface area contributed by atoms with Crippen LogP contribution in [0, 0.1) is 20.8 Å². The fourth-order valence-electron chi connectivity index (χ4n) is 1.86. The number of anilines is 1. The monoisotopic (exact) mass is 271 g/mol. The largest absolute Gasteiger partial charge is 0.288 e. The molecular weight excluding hydrogens is 254 g/mol. The number of aryl methyl sites for hydroxylation is 3. The summed E-state index contributed by atoms with van der Waals surface area (Å²) >= 11 is 0. The molecule has 1 aromatic heterocycles. The zero-order chi connectivity index (χ0) is 14.7. The van der Waals surface area contributed by atoms with Crippen molar-refractivity contribution in [3.63, 3.8) is 0 Å². The molecule has 0 aliphatic heterocycles. The van der Waals surface area contributed by atoms with Crippen LogP contribution >= 0.6 is 0 Å². The van der Waals surface area contributed by atoms with Gasteiger partial charge in [-0.1, -0.05) is 23.8 Å². The maximum absolute atomic E-state index is 11.4. The van der Waals surface area contributed by atoms with Crippen LogP contribution in [0.15, 0.2) is 28.1 Å². The van der Waals surface area contributed by atoms with Crippen LogP contribution < -0.4 is 11.0 Å². The van der Waals surface area contributed by atoms with Crippen molar-refractivity contribution in [2.75, 3.05) is 5.43 Å². The quantitative estimate of drug-likeness (QED) is 0.660. The van der Waals surface area contributed by atoms with Crippen molar-refractivity contribution in [2.45, 2.75) is 27.7 Å². The van der Waals surface area contributed by atoms with E-state index >= 15 is 0 Å². The summed E-state index contributed by atoms with van der Waals surface area (Å²) in [5.41, 5.74) is 6.98. The Balaban J connectivity index is 2.22. The lowest BCUT2D eigenvalue weighted by Gasteiger charge is -2.07. The first-order chi connectivity index (χ1) is 9.47. The lowest BCUT2D eigenvalue weighted by molar-refractivity contribution is 0.897. The van der Waals surface area contributed by atoms with Crippen LogP contribution in [0.2, 0.25) is 0 Å². The van der Waals surface area contributed by atoms with Gasteiger partial charge in [-0.25, -0.2) is 5.43 Å². The first-order valence-corrected chi connectivity index (χ1v) is 6.29. The van der Waals surface area contributed by atoms with Crippen LogP contribution in [-0.4, -0.2) is 20.9 Å². The molecule has 0 saturated heterocycles. The third-order valence-electron chi connectivity index (χ3n) is 2.96. The summed E-state index contributed by atoms with van der Waals surface area (Å²) in [4.78, 5) is 14.0. The SMILES string of the molecule is C/C(=N/Nc1nnc(C)c(=O)[nH]1)c1ccc(C)cc1C. The van der Waals surface area contributed by atoms with E-state index in [1.165, 1.54) is 5.56 Å². The Kier molecular flexibility index (Phi) is 3.93. The van der Waals surface area contributed by atoms with E-state index in [9.17, 15) is 4.79 Å². The normalized spacial score (nSPS) is 11.5. The molecule has 1 aromatic carbocycles. The van der Waals surface area contributed by atoms with Gasteiger partial charge in [0, 0.05) is 5.56 Å². The topological polar surface area (TPSA) is 83.0 Å². The minimum atomic E-state index is -0.276. The van der Waals surface area contributed by atoms with Gasteiger partial charge in [-0.05, 0) is 33.3 Å². The number of aromatic nitrogens is 3. The Labute approximate surface area is 117 Å². The smallest absolute Gasteiger partial charge is 0.274 e.